The summed E-state index contributed by atoms with van der Waals surface area (Å²) in [4.78, 5) is 13.9. The van der Waals surface area contributed by atoms with Crippen molar-refractivity contribution >= 4 is 11.6 Å². The zero-order valence-corrected chi connectivity index (χ0v) is 12.4. The summed E-state index contributed by atoms with van der Waals surface area (Å²) in [7, 11) is 1.93. The predicted molar refractivity (Wildman–Crippen MR) is 80.5 cm³/mol. The lowest BCUT2D eigenvalue weighted by Crippen LogP contribution is -2.44. The van der Waals surface area contributed by atoms with Gasteiger partial charge < -0.3 is 15.3 Å². The van der Waals surface area contributed by atoms with Crippen LogP contribution in [-0.4, -0.2) is 41.7 Å². The van der Waals surface area contributed by atoms with E-state index in [1.807, 2.05) is 11.9 Å². The minimum absolute atomic E-state index is 0.125. The molecule has 1 aliphatic rings. The van der Waals surface area contributed by atoms with E-state index in [1.165, 1.54) is 6.07 Å². The number of aliphatic hydroxyl groups is 1. The Hall–Kier alpha value is -1.46. The maximum atomic E-state index is 13.4. The standard InChI is InChI=1S/C16H23FN2O2/c1-19(14-8-4-5-9-15(14)20)11-10-16(21)18-13-7-3-2-6-12(13)17/h2-3,6-7,14-15,20H,4-5,8-11H2,1H3,(H,18,21). The van der Waals surface area contributed by atoms with Crippen molar-refractivity contribution in [2.45, 2.75) is 44.2 Å². The van der Waals surface area contributed by atoms with Crippen LogP contribution in [-0.2, 0) is 4.79 Å². The summed E-state index contributed by atoms with van der Waals surface area (Å²) < 4.78 is 13.4. The zero-order chi connectivity index (χ0) is 15.2. The molecule has 2 unspecified atom stereocenters. The van der Waals surface area contributed by atoms with E-state index in [1.54, 1.807) is 18.2 Å². The summed E-state index contributed by atoms with van der Waals surface area (Å²) in [6, 6.07) is 6.26. The van der Waals surface area contributed by atoms with Gasteiger partial charge in [-0.25, -0.2) is 4.39 Å². The van der Waals surface area contributed by atoms with Crippen LogP contribution in [0.2, 0.25) is 0 Å². The van der Waals surface area contributed by atoms with Crippen molar-refractivity contribution < 1.29 is 14.3 Å². The first-order valence-electron chi connectivity index (χ1n) is 7.50. The molecule has 2 rings (SSSR count). The fourth-order valence-corrected chi connectivity index (χ4v) is 2.82. The second kappa shape index (κ2) is 7.52. The summed E-state index contributed by atoms with van der Waals surface area (Å²) in [6.45, 7) is 0.558. The lowest BCUT2D eigenvalue weighted by Gasteiger charge is -2.35. The average molecular weight is 294 g/mol. The summed E-state index contributed by atoms with van der Waals surface area (Å²) in [5, 5.41) is 12.6. The third kappa shape index (κ3) is 4.51. The first-order chi connectivity index (χ1) is 10.1. The second-order valence-corrected chi connectivity index (χ2v) is 5.68. The normalized spacial score (nSPS) is 22.3. The van der Waals surface area contributed by atoms with Crippen molar-refractivity contribution in [3.63, 3.8) is 0 Å². The predicted octanol–water partition coefficient (Wildman–Crippen LogP) is 2.39. The Morgan fingerprint density at radius 2 is 2.10 bits per heavy atom. The van der Waals surface area contributed by atoms with Crippen LogP contribution in [0.1, 0.15) is 32.1 Å². The van der Waals surface area contributed by atoms with E-state index in [-0.39, 0.29) is 30.2 Å². The van der Waals surface area contributed by atoms with Crippen LogP contribution in [0.5, 0.6) is 0 Å². The van der Waals surface area contributed by atoms with Gasteiger partial charge in [-0.3, -0.25) is 4.79 Å². The van der Waals surface area contributed by atoms with Crippen molar-refractivity contribution in [3.8, 4) is 0 Å². The van der Waals surface area contributed by atoms with Gasteiger partial charge in [0.15, 0.2) is 0 Å². The monoisotopic (exact) mass is 294 g/mol. The number of carbonyl (C=O) groups excluding carboxylic acids is 1. The number of halogens is 1. The van der Waals surface area contributed by atoms with Gasteiger partial charge >= 0.3 is 0 Å². The third-order valence-corrected chi connectivity index (χ3v) is 4.10. The molecule has 1 saturated carbocycles. The van der Waals surface area contributed by atoms with Gasteiger partial charge in [0.05, 0.1) is 11.8 Å². The summed E-state index contributed by atoms with van der Waals surface area (Å²) >= 11 is 0. The third-order valence-electron chi connectivity index (χ3n) is 4.10. The molecule has 1 aromatic carbocycles. The van der Waals surface area contributed by atoms with Crippen LogP contribution in [0.4, 0.5) is 10.1 Å². The fourth-order valence-electron chi connectivity index (χ4n) is 2.82. The second-order valence-electron chi connectivity index (χ2n) is 5.68. The quantitative estimate of drug-likeness (QED) is 0.876. The minimum Gasteiger partial charge on any atom is -0.391 e. The van der Waals surface area contributed by atoms with Gasteiger partial charge in [0, 0.05) is 19.0 Å². The highest BCUT2D eigenvalue weighted by molar-refractivity contribution is 5.90. The summed E-state index contributed by atoms with van der Waals surface area (Å²) in [5.41, 5.74) is 0.211. The molecule has 21 heavy (non-hydrogen) atoms. The Labute approximate surface area is 125 Å². The number of nitrogens with one attached hydrogen (secondary N) is 1. The van der Waals surface area contributed by atoms with Gasteiger partial charge in [0.1, 0.15) is 5.82 Å². The number of nitrogens with zero attached hydrogens (tertiary/aromatic N) is 1. The van der Waals surface area contributed by atoms with Gasteiger partial charge in [0.25, 0.3) is 0 Å². The van der Waals surface area contributed by atoms with Crippen LogP contribution in [0.3, 0.4) is 0 Å². The number of hydrogen-bond donors (Lipinski definition) is 2. The highest BCUT2D eigenvalue weighted by atomic mass is 19.1. The molecule has 0 radical (unpaired) electrons. The van der Waals surface area contributed by atoms with E-state index >= 15 is 0 Å². The molecule has 0 heterocycles. The van der Waals surface area contributed by atoms with E-state index in [0.29, 0.717) is 6.54 Å². The number of para-hydroxylation sites is 1. The SMILES string of the molecule is CN(CCC(=O)Nc1ccccc1F)C1CCCCC1O. The molecule has 5 heteroatoms. The fraction of sp³-hybridized carbons (Fsp3) is 0.562. The highest BCUT2D eigenvalue weighted by Crippen LogP contribution is 2.22. The van der Waals surface area contributed by atoms with Gasteiger partial charge in [-0.05, 0) is 32.0 Å². The van der Waals surface area contributed by atoms with Crippen LogP contribution in [0, 0.1) is 5.82 Å². The molecule has 1 fully saturated rings. The Kier molecular flexibility index (Phi) is 5.70. The van der Waals surface area contributed by atoms with Crippen LogP contribution in [0.25, 0.3) is 0 Å². The lowest BCUT2D eigenvalue weighted by molar-refractivity contribution is -0.116. The van der Waals surface area contributed by atoms with E-state index in [0.717, 1.165) is 25.7 Å². The van der Waals surface area contributed by atoms with Crippen molar-refractivity contribution in [2.24, 2.45) is 0 Å². The minimum atomic E-state index is -0.429. The van der Waals surface area contributed by atoms with Crippen LogP contribution < -0.4 is 5.32 Å². The van der Waals surface area contributed by atoms with Gasteiger partial charge in [-0.2, -0.15) is 0 Å². The number of carbonyl (C=O) groups is 1. The Morgan fingerprint density at radius 3 is 2.81 bits per heavy atom. The number of amides is 1. The van der Waals surface area contributed by atoms with E-state index in [9.17, 15) is 14.3 Å². The van der Waals surface area contributed by atoms with Crippen molar-refractivity contribution in [1.29, 1.82) is 0 Å². The molecule has 2 N–H and O–H groups in total. The molecule has 0 bridgehead atoms. The first-order valence-corrected chi connectivity index (χ1v) is 7.50. The summed E-state index contributed by atoms with van der Waals surface area (Å²) in [5.74, 6) is -0.640. The molecule has 0 aliphatic heterocycles. The van der Waals surface area contributed by atoms with Crippen molar-refractivity contribution in [2.75, 3.05) is 18.9 Å². The molecule has 2 atom stereocenters. The van der Waals surface area contributed by atoms with E-state index < -0.39 is 5.82 Å². The molecular weight excluding hydrogens is 271 g/mol. The van der Waals surface area contributed by atoms with Gasteiger partial charge in [-0.15, -0.1) is 0 Å². The first kappa shape index (κ1) is 15.9. The van der Waals surface area contributed by atoms with Gasteiger partial charge in [0.2, 0.25) is 5.91 Å². The average Bonchev–Trinajstić information content (AvgIpc) is 2.48. The molecule has 1 aliphatic carbocycles. The molecule has 4 nitrogen and oxygen atoms in total. The topological polar surface area (TPSA) is 52.6 Å². The molecule has 1 amide bonds. The largest absolute Gasteiger partial charge is 0.391 e. The van der Waals surface area contributed by atoms with E-state index in [4.69, 9.17) is 0 Å². The molecule has 1 aromatic rings. The van der Waals surface area contributed by atoms with Crippen molar-refractivity contribution in [1.82, 2.24) is 4.90 Å². The Balaban J connectivity index is 1.79. The highest BCUT2D eigenvalue weighted by Gasteiger charge is 2.26. The smallest absolute Gasteiger partial charge is 0.225 e. The Morgan fingerprint density at radius 1 is 1.38 bits per heavy atom. The molecule has 0 spiro atoms. The number of benzene rings is 1. The number of likely N-dealkylation sites (N-methyl/N-ethyl adjacent to an activating group) is 1. The molecule has 0 saturated heterocycles. The lowest BCUT2D eigenvalue weighted by atomic mass is 9.91. The van der Waals surface area contributed by atoms with Crippen molar-refractivity contribution in [3.05, 3.63) is 30.1 Å². The van der Waals surface area contributed by atoms with E-state index in [2.05, 4.69) is 5.32 Å². The molecular formula is C16H23FN2O2. The number of anilines is 1. The van der Waals surface area contributed by atoms with Crippen LogP contribution >= 0.6 is 0 Å². The zero-order valence-electron chi connectivity index (χ0n) is 12.4. The summed E-state index contributed by atoms with van der Waals surface area (Å²) in [6.07, 6.45) is 3.96. The number of rotatable bonds is 5. The molecule has 0 aromatic heterocycles. The van der Waals surface area contributed by atoms with Crippen LogP contribution in [0.15, 0.2) is 24.3 Å². The molecule has 116 valence electrons. The Bertz CT molecular complexity index is 481. The number of aliphatic hydroxyl groups excluding tert-OH is 1. The van der Waals surface area contributed by atoms with Gasteiger partial charge in [-0.1, -0.05) is 25.0 Å². The maximum Gasteiger partial charge on any atom is 0.225 e. The maximum absolute atomic E-state index is 13.4. The number of hydrogen-bond acceptors (Lipinski definition) is 3.